The average Bonchev–Trinajstić information content (AvgIpc) is 3.19. The van der Waals surface area contributed by atoms with E-state index in [4.69, 9.17) is 9.72 Å². The highest BCUT2D eigenvalue weighted by molar-refractivity contribution is 5.56. The van der Waals surface area contributed by atoms with Gasteiger partial charge in [0.1, 0.15) is 0 Å². The van der Waals surface area contributed by atoms with Gasteiger partial charge in [0, 0.05) is 18.8 Å². The molecule has 1 aromatic heterocycles. The third-order valence-electron chi connectivity index (χ3n) is 4.55. The van der Waals surface area contributed by atoms with Gasteiger partial charge in [-0.05, 0) is 45.0 Å². The molecule has 0 aromatic carbocycles. The molecule has 1 aliphatic heterocycles. The predicted octanol–water partition coefficient (Wildman–Crippen LogP) is 2.64. The molecule has 0 atom stereocenters. The van der Waals surface area contributed by atoms with E-state index in [9.17, 15) is 0 Å². The second-order valence-electron chi connectivity index (χ2n) is 7.02. The van der Waals surface area contributed by atoms with E-state index in [1.165, 1.54) is 29.9 Å². The summed E-state index contributed by atoms with van der Waals surface area (Å²) >= 11 is 0. The zero-order valence-corrected chi connectivity index (χ0v) is 13.7. The second kappa shape index (κ2) is 5.58. The van der Waals surface area contributed by atoms with Crippen LogP contribution in [-0.4, -0.2) is 49.3 Å². The van der Waals surface area contributed by atoms with Crippen LogP contribution in [0.5, 0.6) is 0 Å². The molecule has 1 spiro atoms. The maximum atomic E-state index is 5.71. The summed E-state index contributed by atoms with van der Waals surface area (Å²) in [5, 5.41) is 0. The number of morpholine rings is 1. The monoisotopic (exact) mass is 289 g/mol. The second-order valence-corrected chi connectivity index (χ2v) is 7.02. The van der Waals surface area contributed by atoms with Crippen LogP contribution in [0.15, 0.2) is 12.1 Å². The highest BCUT2D eigenvalue weighted by Gasteiger charge is 2.50. The van der Waals surface area contributed by atoms with E-state index in [2.05, 4.69) is 49.9 Å². The first kappa shape index (κ1) is 14.8. The lowest BCUT2D eigenvalue weighted by Crippen LogP contribution is -2.48. The van der Waals surface area contributed by atoms with Crippen molar-refractivity contribution in [3.63, 3.8) is 0 Å². The van der Waals surface area contributed by atoms with Crippen molar-refractivity contribution in [1.82, 2.24) is 9.88 Å². The van der Waals surface area contributed by atoms with E-state index >= 15 is 0 Å². The predicted molar refractivity (Wildman–Crippen MR) is 85.8 cm³/mol. The molecule has 1 saturated carbocycles. The van der Waals surface area contributed by atoms with Gasteiger partial charge in [-0.3, -0.25) is 4.98 Å². The van der Waals surface area contributed by atoms with E-state index in [0.29, 0.717) is 5.92 Å². The first-order chi connectivity index (χ1) is 10.0. The molecule has 116 valence electrons. The maximum Gasteiger partial charge on any atom is 0.0780 e. The van der Waals surface area contributed by atoms with Crippen molar-refractivity contribution in [3.8, 4) is 0 Å². The fourth-order valence-corrected chi connectivity index (χ4v) is 3.16. The summed E-state index contributed by atoms with van der Waals surface area (Å²) in [5.41, 5.74) is 3.97. The largest absolute Gasteiger partial charge is 0.377 e. The van der Waals surface area contributed by atoms with Gasteiger partial charge in [0.15, 0.2) is 0 Å². The van der Waals surface area contributed by atoms with Gasteiger partial charge in [0.25, 0.3) is 0 Å². The van der Waals surface area contributed by atoms with Gasteiger partial charge < -0.3 is 14.5 Å². The van der Waals surface area contributed by atoms with Crippen LogP contribution in [0.3, 0.4) is 0 Å². The van der Waals surface area contributed by atoms with Crippen molar-refractivity contribution < 1.29 is 4.74 Å². The number of aromatic nitrogens is 1. The molecule has 1 aliphatic carbocycles. The minimum absolute atomic E-state index is 0.264. The Morgan fingerprint density at radius 1 is 1.33 bits per heavy atom. The Bertz CT molecular complexity index is 509. The number of pyridine rings is 1. The van der Waals surface area contributed by atoms with Gasteiger partial charge in [-0.25, -0.2) is 0 Å². The smallest absolute Gasteiger partial charge is 0.0780 e. The van der Waals surface area contributed by atoms with Crippen LogP contribution in [0.2, 0.25) is 0 Å². The average molecular weight is 289 g/mol. The van der Waals surface area contributed by atoms with E-state index < -0.39 is 0 Å². The van der Waals surface area contributed by atoms with Gasteiger partial charge in [-0.15, -0.1) is 0 Å². The molecule has 1 saturated heterocycles. The van der Waals surface area contributed by atoms with Crippen molar-refractivity contribution in [1.29, 1.82) is 0 Å². The van der Waals surface area contributed by atoms with Gasteiger partial charge >= 0.3 is 0 Å². The lowest BCUT2D eigenvalue weighted by molar-refractivity contribution is 0.0862. The van der Waals surface area contributed by atoms with Gasteiger partial charge in [0.2, 0.25) is 0 Å². The van der Waals surface area contributed by atoms with Crippen LogP contribution < -0.4 is 4.90 Å². The highest BCUT2D eigenvalue weighted by atomic mass is 16.5. The molecular formula is C17H27N3O. The molecule has 1 aromatic rings. The van der Waals surface area contributed by atoms with Gasteiger partial charge in [-0.2, -0.15) is 0 Å². The third kappa shape index (κ3) is 2.92. The molecule has 2 heterocycles. The van der Waals surface area contributed by atoms with Crippen molar-refractivity contribution in [2.24, 2.45) is 0 Å². The zero-order valence-electron chi connectivity index (χ0n) is 13.7. The molecule has 2 aliphatic rings. The first-order valence-electron chi connectivity index (χ1n) is 8.02. The van der Waals surface area contributed by atoms with Gasteiger partial charge in [-0.1, -0.05) is 13.8 Å². The summed E-state index contributed by atoms with van der Waals surface area (Å²) in [4.78, 5) is 9.72. The molecule has 4 heteroatoms. The first-order valence-corrected chi connectivity index (χ1v) is 8.02. The van der Waals surface area contributed by atoms with Crippen LogP contribution in [0.4, 0.5) is 5.69 Å². The number of ether oxygens (including phenoxy) is 1. The topological polar surface area (TPSA) is 28.6 Å². The van der Waals surface area contributed by atoms with Crippen LogP contribution in [0.25, 0.3) is 0 Å². The SMILES string of the molecule is CC(C)c1ccc(N2CCOCC23CC3)c(CN(C)C)n1. The fraction of sp³-hybridized carbons (Fsp3) is 0.706. The Balaban J connectivity index is 1.96. The zero-order chi connectivity index (χ0) is 15.0. The van der Waals surface area contributed by atoms with E-state index in [1.54, 1.807) is 0 Å². The summed E-state index contributed by atoms with van der Waals surface area (Å²) in [7, 11) is 4.22. The van der Waals surface area contributed by atoms with E-state index in [-0.39, 0.29) is 5.54 Å². The Labute approximate surface area is 128 Å². The maximum absolute atomic E-state index is 5.71. The molecule has 0 radical (unpaired) electrons. The molecule has 0 N–H and O–H groups in total. The summed E-state index contributed by atoms with van der Waals surface area (Å²) in [6.07, 6.45) is 2.50. The summed E-state index contributed by atoms with van der Waals surface area (Å²) in [5.74, 6) is 0.472. The lowest BCUT2D eigenvalue weighted by atomic mass is 10.1. The highest BCUT2D eigenvalue weighted by Crippen LogP contribution is 2.46. The number of rotatable bonds is 4. The Hall–Kier alpha value is -1.13. The molecule has 3 rings (SSSR count). The van der Waals surface area contributed by atoms with E-state index in [1.807, 2.05) is 0 Å². The van der Waals surface area contributed by atoms with Crippen LogP contribution in [0.1, 0.15) is 44.0 Å². The minimum Gasteiger partial charge on any atom is -0.377 e. The molecule has 2 fully saturated rings. The number of hydrogen-bond donors (Lipinski definition) is 0. The Kier molecular flexibility index (Phi) is 3.93. The van der Waals surface area contributed by atoms with Crippen molar-refractivity contribution in [2.45, 2.75) is 44.7 Å². The van der Waals surface area contributed by atoms with Crippen LogP contribution in [0, 0.1) is 0 Å². The van der Waals surface area contributed by atoms with Crippen molar-refractivity contribution >= 4 is 5.69 Å². The quantitative estimate of drug-likeness (QED) is 0.852. The lowest BCUT2D eigenvalue weighted by Gasteiger charge is -2.39. The number of hydrogen-bond acceptors (Lipinski definition) is 4. The normalized spacial score (nSPS) is 20.6. The van der Waals surface area contributed by atoms with Crippen LogP contribution >= 0.6 is 0 Å². The molecular weight excluding hydrogens is 262 g/mol. The molecule has 0 bridgehead atoms. The van der Waals surface area contributed by atoms with Gasteiger partial charge in [0.05, 0.1) is 30.1 Å². The standard InChI is InChI=1S/C17H27N3O/c1-13(2)14-5-6-16(15(18-14)11-19(3)4)20-9-10-21-12-17(20)7-8-17/h5-6,13H,7-12H2,1-4H3. The fourth-order valence-electron chi connectivity index (χ4n) is 3.16. The Morgan fingerprint density at radius 2 is 2.10 bits per heavy atom. The minimum atomic E-state index is 0.264. The third-order valence-corrected chi connectivity index (χ3v) is 4.55. The summed E-state index contributed by atoms with van der Waals surface area (Å²) in [6.45, 7) is 8.00. The van der Waals surface area contributed by atoms with E-state index in [0.717, 1.165) is 26.3 Å². The van der Waals surface area contributed by atoms with Crippen molar-refractivity contribution in [3.05, 3.63) is 23.5 Å². The molecule has 0 amide bonds. The van der Waals surface area contributed by atoms with Crippen LogP contribution in [-0.2, 0) is 11.3 Å². The number of nitrogens with zero attached hydrogens (tertiary/aromatic N) is 3. The number of anilines is 1. The Morgan fingerprint density at radius 3 is 2.71 bits per heavy atom. The van der Waals surface area contributed by atoms with Crippen molar-refractivity contribution in [2.75, 3.05) is 38.8 Å². The summed E-state index contributed by atoms with van der Waals surface area (Å²) in [6, 6.07) is 4.48. The molecule has 0 unspecified atom stereocenters. The molecule has 21 heavy (non-hydrogen) atoms. The summed E-state index contributed by atoms with van der Waals surface area (Å²) < 4.78 is 5.71. The molecule has 4 nitrogen and oxygen atoms in total.